The van der Waals surface area contributed by atoms with E-state index in [9.17, 15) is 9.59 Å². The van der Waals surface area contributed by atoms with E-state index in [1.54, 1.807) is 29.2 Å². The Hall–Kier alpha value is -1.67. The molecular formula is C20H16BrClN2O2S2. The van der Waals surface area contributed by atoms with E-state index >= 15 is 0 Å². The van der Waals surface area contributed by atoms with Crippen molar-refractivity contribution >= 4 is 79.4 Å². The lowest BCUT2D eigenvalue weighted by atomic mass is 10.2. The van der Waals surface area contributed by atoms with Crippen molar-refractivity contribution in [1.29, 1.82) is 0 Å². The van der Waals surface area contributed by atoms with Gasteiger partial charge in [0.05, 0.1) is 15.6 Å². The second-order valence-corrected chi connectivity index (χ2v) is 9.02. The second-order valence-electron chi connectivity index (χ2n) is 6.02. The first-order valence-electron chi connectivity index (χ1n) is 8.49. The van der Waals surface area contributed by atoms with Crippen molar-refractivity contribution in [3.05, 3.63) is 68.5 Å². The summed E-state index contributed by atoms with van der Waals surface area (Å²) < 4.78 is 1.49. The summed E-state index contributed by atoms with van der Waals surface area (Å²) >= 11 is 16.0. The zero-order chi connectivity index (χ0) is 20.1. The summed E-state index contributed by atoms with van der Waals surface area (Å²) in [5.41, 5.74) is 1.51. The van der Waals surface area contributed by atoms with Gasteiger partial charge in [-0.2, -0.15) is 0 Å². The van der Waals surface area contributed by atoms with E-state index < -0.39 is 0 Å². The van der Waals surface area contributed by atoms with Crippen LogP contribution in [0, 0.1) is 0 Å². The Kier molecular flexibility index (Phi) is 7.29. The first-order chi connectivity index (χ1) is 13.4. The van der Waals surface area contributed by atoms with E-state index in [1.807, 2.05) is 30.3 Å². The van der Waals surface area contributed by atoms with Crippen molar-refractivity contribution in [2.24, 2.45) is 0 Å². The van der Waals surface area contributed by atoms with Crippen LogP contribution in [0.15, 0.2) is 57.9 Å². The zero-order valence-corrected chi connectivity index (χ0v) is 18.6. The molecule has 2 aromatic rings. The number of benzene rings is 2. The highest BCUT2D eigenvalue weighted by atomic mass is 79.9. The molecule has 1 aliphatic rings. The fourth-order valence-electron chi connectivity index (χ4n) is 2.58. The largest absolute Gasteiger partial charge is 0.325 e. The lowest BCUT2D eigenvalue weighted by Gasteiger charge is -2.14. The molecule has 144 valence electrons. The third-order valence-corrected chi connectivity index (χ3v) is 6.21. The summed E-state index contributed by atoms with van der Waals surface area (Å²) in [5.74, 6) is -0.270. The maximum atomic E-state index is 12.6. The van der Waals surface area contributed by atoms with Crippen LogP contribution in [-0.4, -0.2) is 27.6 Å². The number of anilines is 1. The molecule has 4 nitrogen and oxygen atoms in total. The quantitative estimate of drug-likeness (QED) is 0.411. The first-order valence-corrected chi connectivity index (χ1v) is 10.9. The van der Waals surface area contributed by atoms with Gasteiger partial charge in [0.1, 0.15) is 4.32 Å². The molecule has 1 saturated heterocycles. The van der Waals surface area contributed by atoms with Gasteiger partial charge in [-0.1, -0.05) is 75.8 Å². The predicted octanol–water partition coefficient (Wildman–Crippen LogP) is 5.72. The minimum absolute atomic E-state index is 0.121. The number of carbonyl (C=O) groups excluding carboxylic acids is 2. The molecule has 0 saturated carbocycles. The van der Waals surface area contributed by atoms with Crippen molar-refractivity contribution in [1.82, 2.24) is 4.90 Å². The molecule has 0 aliphatic carbocycles. The second kappa shape index (κ2) is 9.69. The van der Waals surface area contributed by atoms with Crippen LogP contribution < -0.4 is 5.32 Å². The molecule has 3 rings (SSSR count). The van der Waals surface area contributed by atoms with E-state index in [0.717, 1.165) is 10.0 Å². The number of thiocarbonyl (C=S) groups is 1. The minimum atomic E-state index is -0.149. The van der Waals surface area contributed by atoms with Gasteiger partial charge in [-0.25, -0.2) is 0 Å². The third-order valence-electron chi connectivity index (χ3n) is 3.97. The fraction of sp³-hybridized carbons (Fsp3) is 0.150. The lowest BCUT2D eigenvalue weighted by Crippen LogP contribution is -2.29. The van der Waals surface area contributed by atoms with Gasteiger partial charge in [0, 0.05) is 17.4 Å². The Morgan fingerprint density at radius 2 is 1.93 bits per heavy atom. The normalized spacial score (nSPS) is 15.4. The molecule has 0 atom stereocenters. The maximum absolute atomic E-state index is 12.6. The summed E-state index contributed by atoms with van der Waals surface area (Å²) in [6.07, 6.45) is 2.61. The number of hydrogen-bond acceptors (Lipinski definition) is 4. The highest BCUT2D eigenvalue weighted by molar-refractivity contribution is 9.10. The summed E-state index contributed by atoms with van der Waals surface area (Å²) in [6.45, 7) is 0.401. The van der Waals surface area contributed by atoms with Crippen molar-refractivity contribution in [3.63, 3.8) is 0 Å². The zero-order valence-electron chi connectivity index (χ0n) is 14.7. The fourth-order valence-corrected chi connectivity index (χ4v) is 4.33. The van der Waals surface area contributed by atoms with Crippen LogP contribution in [0.4, 0.5) is 5.69 Å². The summed E-state index contributed by atoms with van der Waals surface area (Å²) in [5, 5.41) is 3.27. The average molecular weight is 496 g/mol. The molecule has 1 heterocycles. The average Bonchev–Trinajstić information content (AvgIpc) is 2.93. The molecule has 1 fully saturated rings. The monoisotopic (exact) mass is 494 g/mol. The number of amides is 2. The number of carbonyl (C=O) groups is 2. The Bertz CT molecular complexity index is 947. The van der Waals surface area contributed by atoms with E-state index in [0.29, 0.717) is 32.9 Å². The Balaban J connectivity index is 1.54. The molecule has 8 heteroatoms. The molecule has 1 N–H and O–H groups in total. The lowest BCUT2D eigenvalue weighted by molar-refractivity contribution is -0.122. The number of hydrogen-bond donors (Lipinski definition) is 1. The highest BCUT2D eigenvalue weighted by Gasteiger charge is 2.31. The van der Waals surface area contributed by atoms with Gasteiger partial charge in [0.15, 0.2) is 0 Å². The van der Waals surface area contributed by atoms with Crippen molar-refractivity contribution in [3.8, 4) is 0 Å². The number of halogens is 2. The molecule has 0 unspecified atom stereocenters. The maximum Gasteiger partial charge on any atom is 0.266 e. The van der Waals surface area contributed by atoms with Crippen LogP contribution in [0.5, 0.6) is 0 Å². The molecule has 0 bridgehead atoms. The Labute approximate surface area is 186 Å². The number of thioether (sulfide) groups is 1. The van der Waals surface area contributed by atoms with Gasteiger partial charge in [0.25, 0.3) is 5.91 Å². The van der Waals surface area contributed by atoms with E-state index in [1.165, 1.54) is 11.8 Å². The topological polar surface area (TPSA) is 49.4 Å². The molecule has 0 radical (unpaired) electrons. The SMILES string of the molecule is O=C(CCCN1C(=O)/C(=C\c2ccc(Br)cc2)SC1=S)Nc1ccccc1Cl. The Morgan fingerprint density at radius 3 is 2.64 bits per heavy atom. The van der Waals surface area contributed by atoms with Crippen LogP contribution in [0.3, 0.4) is 0 Å². The van der Waals surface area contributed by atoms with Gasteiger partial charge in [-0.3, -0.25) is 14.5 Å². The number of nitrogens with zero attached hydrogens (tertiary/aromatic N) is 1. The highest BCUT2D eigenvalue weighted by Crippen LogP contribution is 2.33. The summed E-state index contributed by atoms with van der Waals surface area (Å²) in [7, 11) is 0. The molecule has 0 aromatic heterocycles. The molecule has 2 amide bonds. The van der Waals surface area contributed by atoms with Gasteiger partial charge in [0.2, 0.25) is 5.91 Å². The van der Waals surface area contributed by atoms with Crippen molar-refractivity contribution in [2.45, 2.75) is 12.8 Å². The van der Waals surface area contributed by atoms with Crippen LogP contribution in [-0.2, 0) is 9.59 Å². The third kappa shape index (κ3) is 5.44. The van der Waals surface area contributed by atoms with Crippen LogP contribution in [0.2, 0.25) is 5.02 Å². The first kappa shape index (κ1) is 21.0. The molecule has 1 aliphatic heterocycles. The number of para-hydroxylation sites is 1. The van der Waals surface area contributed by atoms with E-state index in [-0.39, 0.29) is 18.2 Å². The number of rotatable bonds is 6. The van der Waals surface area contributed by atoms with Crippen molar-refractivity contribution in [2.75, 3.05) is 11.9 Å². The van der Waals surface area contributed by atoms with Crippen LogP contribution in [0.25, 0.3) is 6.08 Å². The number of nitrogens with one attached hydrogen (secondary N) is 1. The van der Waals surface area contributed by atoms with Gasteiger partial charge >= 0.3 is 0 Å². The van der Waals surface area contributed by atoms with Crippen molar-refractivity contribution < 1.29 is 9.59 Å². The molecule has 28 heavy (non-hydrogen) atoms. The van der Waals surface area contributed by atoms with Crippen LogP contribution in [0.1, 0.15) is 18.4 Å². The Morgan fingerprint density at radius 1 is 1.21 bits per heavy atom. The summed E-state index contributed by atoms with van der Waals surface area (Å²) in [4.78, 5) is 26.9. The molecular weight excluding hydrogens is 480 g/mol. The van der Waals surface area contributed by atoms with E-state index in [4.69, 9.17) is 23.8 Å². The molecule has 0 spiro atoms. The van der Waals surface area contributed by atoms with E-state index in [2.05, 4.69) is 21.2 Å². The smallest absolute Gasteiger partial charge is 0.266 e. The van der Waals surface area contributed by atoms with Gasteiger partial charge in [-0.05, 0) is 42.3 Å². The molecule has 2 aromatic carbocycles. The standard InChI is InChI=1S/C20H16BrClN2O2S2/c21-14-9-7-13(8-10-14)12-17-19(26)24(20(27)28-17)11-3-6-18(25)23-16-5-2-1-4-15(16)22/h1-2,4-5,7-10,12H,3,6,11H2,(H,23,25)/b17-12+. The van der Waals surface area contributed by atoms with Gasteiger partial charge < -0.3 is 5.32 Å². The minimum Gasteiger partial charge on any atom is -0.325 e. The van der Waals surface area contributed by atoms with Crippen LogP contribution >= 0.6 is 51.5 Å². The summed E-state index contributed by atoms with van der Waals surface area (Å²) in [6, 6.07) is 14.8. The van der Waals surface area contributed by atoms with Gasteiger partial charge in [-0.15, -0.1) is 0 Å². The predicted molar refractivity (Wildman–Crippen MR) is 123 cm³/mol.